The standard InChI is InChI=1S/C20H16ClN3O3S/c1-27-18-10-7-15(21)12-19(18)28(25,26)23-16-8-5-14(6-9-16)17-13-24-11-3-2-4-20(24)22-17/h2-13,23H,1H3. The fraction of sp³-hybridized carbons (Fsp3) is 0.0500. The van der Waals surface area contributed by atoms with Crippen LogP contribution in [0.2, 0.25) is 5.02 Å². The predicted molar refractivity (Wildman–Crippen MR) is 109 cm³/mol. The number of fused-ring (bicyclic) bond motifs is 1. The van der Waals surface area contributed by atoms with E-state index < -0.39 is 10.0 Å². The third-order valence-corrected chi connectivity index (χ3v) is 5.85. The molecule has 4 aromatic rings. The second kappa shape index (κ2) is 7.18. The van der Waals surface area contributed by atoms with Crippen LogP contribution in [0.15, 0.2) is 78.0 Å². The Hall–Kier alpha value is -3.03. The highest BCUT2D eigenvalue weighted by molar-refractivity contribution is 7.92. The molecule has 0 bridgehead atoms. The molecule has 0 aliphatic carbocycles. The van der Waals surface area contributed by atoms with Crippen molar-refractivity contribution in [2.45, 2.75) is 4.90 Å². The number of imidazole rings is 1. The third-order valence-electron chi connectivity index (χ3n) is 4.21. The van der Waals surface area contributed by atoms with E-state index in [4.69, 9.17) is 16.3 Å². The molecular weight excluding hydrogens is 398 g/mol. The third kappa shape index (κ3) is 3.54. The number of halogens is 1. The van der Waals surface area contributed by atoms with Crippen molar-refractivity contribution in [1.29, 1.82) is 0 Å². The van der Waals surface area contributed by atoms with Gasteiger partial charge in [0.25, 0.3) is 10.0 Å². The number of benzene rings is 2. The summed E-state index contributed by atoms with van der Waals surface area (Å²) in [5.74, 6) is 0.221. The summed E-state index contributed by atoms with van der Waals surface area (Å²) in [6, 6.07) is 17.2. The Balaban J connectivity index is 1.61. The lowest BCUT2D eigenvalue weighted by Gasteiger charge is -2.12. The normalized spacial score (nSPS) is 11.5. The predicted octanol–water partition coefficient (Wildman–Crippen LogP) is 4.46. The molecule has 0 atom stereocenters. The van der Waals surface area contributed by atoms with E-state index in [-0.39, 0.29) is 10.6 Å². The minimum atomic E-state index is -3.86. The Morgan fingerprint density at radius 3 is 2.57 bits per heavy atom. The molecule has 0 saturated heterocycles. The van der Waals surface area contributed by atoms with E-state index in [1.165, 1.54) is 19.2 Å². The lowest BCUT2D eigenvalue weighted by atomic mass is 10.1. The van der Waals surface area contributed by atoms with Crippen LogP contribution in [0.3, 0.4) is 0 Å². The number of anilines is 1. The molecular formula is C20H16ClN3O3S. The van der Waals surface area contributed by atoms with Crippen LogP contribution < -0.4 is 9.46 Å². The molecule has 28 heavy (non-hydrogen) atoms. The van der Waals surface area contributed by atoms with Gasteiger partial charge in [-0.25, -0.2) is 13.4 Å². The zero-order valence-corrected chi connectivity index (χ0v) is 16.4. The molecule has 142 valence electrons. The number of methoxy groups -OCH3 is 1. The summed E-state index contributed by atoms with van der Waals surface area (Å²) in [4.78, 5) is 4.54. The molecule has 0 fully saturated rings. The van der Waals surface area contributed by atoms with Crippen LogP contribution in [0.5, 0.6) is 5.75 Å². The zero-order chi connectivity index (χ0) is 19.7. The number of pyridine rings is 1. The van der Waals surface area contributed by atoms with Crippen LogP contribution in [-0.2, 0) is 10.0 Å². The van der Waals surface area contributed by atoms with Crippen LogP contribution in [0.4, 0.5) is 5.69 Å². The van der Waals surface area contributed by atoms with Crippen molar-refractivity contribution in [2.75, 3.05) is 11.8 Å². The van der Waals surface area contributed by atoms with E-state index in [0.717, 1.165) is 16.9 Å². The average molecular weight is 414 g/mol. The minimum absolute atomic E-state index is 0.0214. The highest BCUT2D eigenvalue weighted by Crippen LogP contribution is 2.29. The van der Waals surface area contributed by atoms with Crippen LogP contribution >= 0.6 is 11.6 Å². The Morgan fingerprint density at radius 1 is 1.07 bits per heavy atom. The van der Waals surface area contributed by atoms with E-state index in [0.29, 0.717) is 10.7 Å². The molecule has 4 rings (SSSR count). The quantitative estimate of drug-likeness (QED) is 0.524. The summed E-state index contributed by atoms with van der Waals surface area (Å²) < 4.78 is 35.1. The molecule has 2 aromatic heterocycles. The Kier molecular flexibility index (Phi) is 4.70. The number of ether oxygens (including phenoxy) is 1. The van der Waals surface area contributed by atoms with Gasteiger partial charge >= 0.3 is 0 Å². The maximum Gasteiger partial charge on any atom is 0.265 e. The summed E-state index contributed by atoms with van der Waals surface area (Å²) in [5, 5.41) is 0.309. The Labute approximate surface area is 167 Å². The maximum absolute atomic E-state index is 12.7. The fourth-order valence-electron chi connectivity index (χ4n) is 2.85. The molecule has 1 N–H and O–H groups in total. The molecule has 2 aromatic carbocycles. The highest BCUT2D eigenvalue weighted by atomic mass is 35.5. The highest BCUT2D eigenvalue weighted by Gasteiger charge is 2.20. The van der Waals surface area contributed by atoms with Gasteiger partial charge in [-0.15, -0.1) is 0 Å². The van der Waals surface area contributed by atoms with Crippen LogP contribution in [-0.4, -0.2) is 24.9 Å². The summed E-state index contributed by atoms with van der Waals surface area (Å²) in [6.45, 7) is 0. The molecule has 6 nitrogen and oxygen atoms in total. The van der Waals surface area contributed by atoms with Crippen molar-refractivity contribution in [1.82, 2.24) is 9.38 Å². The van der Waals surface area contributed by atoms with Crippen molar-refractivity contribution in [3.05, 3.63) is 78.1 Å². The molecule has 0 spiro atoms. The second-order valence-corrected chi connectivity index (χ2v) is 8.16. The lowest BCUT2D eigenvalue weighted by molar-refractivity contribution is 0.403. The van der Waals surface area contributed by atoms with Crippen molar-refractivity contribution >= 4 is 33.0 Å². The first-order valence-corrected chi connectivity index (χ1v) is 10.2. The SMILES string of the molecule is COc1ccc(Cl)cc1S(=O)(=O)Nc1ccc(-c2cn3ccccc3n2)cc1. The van der Waals surface area contributed by atoms with E-state index in [1.54, 1.807) is 18.2 Å². The second-order valence-electron chi connectivity index (χ2n) is 6.07. The average Bonchev–Trinajstić information content (AvgIpc) is 3.12. The number of nitrogens with zero attached hydrogens (tertiary/aromatic N) is 2. The molecule has 0 amide bonds. The first-order chi connectivity index (χ1) is 13.5. The summed E-state index contributed by atoms with van der Waals surface area (Å²) in [6.07, 6.45) is 3.85. The number of hydrogen-bond donors (Lipinski definition) is 1. The molecule has 0 saturated carbocycles. The van der Waals surface area contributed by atoms with Crippen LogP contribution in [0.1, 0.15) is 0 Å². The summed E-state index contributed by atoms with van der Waals surface area (Å²) >= 11 is 5.95. The van der Waals surface area contributed by atoms with Gasteiger partial charge in [0.2, 0.25) is 0 Å². The van der Waals surface area contributed by atoms with Gasteiger partial charge in [-0.05, 0) is 42.5 Å². The van der Waals surface area contributed by atoms with Gasteiger partial charge in [0, 0.05) is 28.7 Å². The van der Waals surface area contributed by atoms with E-state index in [2.05, 4.69) is 9.71 Å². The van der Waals surface area contributed by atoms with E-state index >= 15 is 0 Å². The molecule has 0 aliphatic rings. The van der Waals surface area contributed by atoms with E-state index in [1.807, 2.05) is 47.1 Å². The first-order valence-electron chi connectivity index (χ1n) is 8.37. The number of rotatable bonds is 5. The number of aromatic nitrogens is 2. The van der Waals surface area contributed by atoms with E-state index in [9.17, 15) is 8.42 Å². The number of nitrogens with one attached hydrogen (secondary N) is 1. The van der Waals surface area contributed by atoms with Gasteiger partial charge < -0.3 is 9.14 Å². The number of sulfonamides is 1. The molecule has 2 heterocycles. The molecule has 8 heteroatoms. The monoisotopic (exact) mass is 413 g/mol. The first kappa shape index (κ1) is 18.3. The fourth-order valence-corrected chi connectivity index (χ4v) is 4.34. The van der Waals surface area contributed by atoms with Gasteiger partial charge in [0.15, 0.2) is 0 Å². The number of hydrogen-bond acceptors (Lipinski definition) is 4. The summed E-state index contributed by atoms with van der Waals surface area (Å²) in [5.41, 5.74) is 2.95. The minimum Gasteiger partial charge on any atom is -0.495 e. The summed E-state index contributed by atoms with van der Waals surface area (Å²) in [7, 11) is -2.45. The topological polar surface area (TPSA) is 72.7 Å². The van der Waals surface area contributed by atoms with Gasteiger partial charge in [0.05, 0.1) is 12.8 Å². The smallest absolute Gasteiger partial charge is 0.265 e. The van der Waals surface area contributed by atoms with Crippen molar-refractivity contribution in [3.8, 4) is 17.0 Å². The largest absolute Gasteiger partial charge is 0.495 e. The molecule has 0 radical (unpaired) electrons. The molecule has 0 unspecified atom stereocenters. The van der Waals surface area contributed by atoms with Gasteiger partial charge in [-0.2, -0.15) is 0 Å². The van der Waals surface area contributed by atoms with Crippen molar-refractivity contribution < 1.29 is 13.2 Å². The van der Waals surface area contributed by atoms with Crippen molar-refractivity contribution in [3.63, 3.8) is 0 Å². The Bertz CT molecular complexity index is 1220. The van der Waals surface area contributed by atoms with Crippen LogP contribution in [0.25, 0.3) is 16.9 Å². The lowest BCUT2D eigenvalue weighted by Crippen LogP contribution is -2.14. The van der Waals surface area contributed by atoms with Crippen molar-refractivity contribution in [2.24, 2.45) is 0 Å². The van der Waals surface area contributed by atoms with Gasteiger partial charge in [0.1, 0.15) is 16.3 Å². The van der Waals surface area contributed by atoms with Gasteiger partial charge in [-0.1, -0.05) is 29.8 Å². The Morgan fingerprint density at radius 2 is 1.86 bits per heavy atom. The van der Waals surface area contributed by atoms with Crippen LogP contribution in [0, 0.1) is 0 Å². The molecule has 0 aliphatic heterocycles. The maximum atomic E-state index is 12.7. The van der Waals surface area contributed by atoms with Gasteiger partial charge in [-0.3, -0.25) is 4.72 Å². The zero-order valence-electron chi connectivity index (χ0n) is 14.8.